The second-order valence-electron chi connectivity index (χ2n) is 6.61. The van der Waals surface area contributed by atoms with Gasteiger partial charge in [0, 0.05) is 5.39 Å². The molecule has 4 heteroatoms. The summed E-state index contributed by atoms with van der Waals surface area (Å²) in [6, 6.07) is 28.0. The predicted molar refractivity (Wildman–Crippen MR) is 112 cm³/mol. The van der Waals surface area contributed by atoms with E-state index in [1.807, 2.05) is 66.7 Å². The largest absolute Gasteiger partial charge is 0.507 e. The van der Waals surface area contributed by atoms with Crippen LogP contribution in [0.25, 0.3) is 38.8 Å². The molecule has 0 amide bonds. The van der Waals surface area contributed by atoms with Crippen LogP contribution in [0.2, 0.25) is 0 Å². The molecule has 28 heavy (non-hydrogen) atoms. The van der Waals surface area contributed by atoms with Gasteiger partial charge in [0.15, 0.2) is 5.82 Å². The summed E-state index contributed by atoms with van der Waals surface area (Å²) < 4.78 is 1.60. The number of para-hydroxylation sites is 2. The van der Waals surface area contributed by atoms with E-state index in [2.05, 4.69) is 0 Å². The van der Waals surface area contributed by atoms with E-state index in [1.54, 1.807) is 28.8 Å². The molecule has 1 heterocycles. The Bertz CT molecular complexity index is 1400. The van der Waals surface area contributed by atoms with Gasteiger partial charge in [-0.1, -0.05) is 60.7 Å². The number of nitrogens with zero attached hydrogens (tertiary/aromatic N) is 2. The van der Waals surface area contributed by atoms with Crippen molar-refractivity contribution >= 4 is 21.7 Å². The zero-order chi connectivity index (χ0) is 19.1. The fourth-order valence-corrected chi connectivity index (χ4v) is 3.60. The van der Waals surface area contributed by atoms with Crippen molar-refractivity contribution in [3.05, 3.63) is 101 Å². The Morgan fingerprint density at radius 1 is 0.714 bits per heavy atom. The SMILES string of the molecule is O=c1c2ccccc2nc(-c2ccccc2O)n1-c1cccc2ccccc12. The summed E-state index contributed by atoms with van der Waals surface area (Å²) in [5.41, 5.74) is 1.68. The number of benzene rings is 4. The maximum atomic E-state index is 13.5. The molecule has 0 saturated heterocycles. The molecule has 0 atom stereocenters. The Hall–Kier alpha value is -3.92. The lowest BCUT2D eigenvalue weighted by Gasteiger charge is -2.16. The lowest BCUT2D eigenvalue weighted by molar-refractivity contribution is 0.476. The third-order valence-corrected chi connectivity index (χ3v) is 4.93. The van der Waals surface area contributed by atoms with Crippen molar-refractivity contribution in [3.63, 3.8) is 0 Å². The molecule has 1 aromatic heterocycles. The third kappa shape index (κ3) is 2.47. The molecule has 0 aliphatic rings. The average molecular weight is 364 g/mol. The van der Waals surface area contributed by atoms with E-state index in [9.17, 15) is 9.90 Å². The Kier molecular flexibility index (Phi) is 3.69. The third-order valence-electron chi connectivity index (χ3n) is 4.93. The summed E-state index contributed by atoms with van der Waals surface area (Å²) in [7, 11) is 0. The Morgan fingerprint density at radius 3 is 2.25 bits per heavy atom. The summed E-state index contributed by atoms with van der Waals surface area (Å²) >= 11 is 0. The summed E-state index contributed by atoms with van der Waals surface area (Å²) in [5.74, 6) is 0.497. The van der Waals surface area contributed by atoms with Crippen LogP contribution in [-0.4, -0.2) is 14.7 Å². The van der Waals surface area contributed by atoms with Gasteiger partial charge in [0.05, 0.1) is 22.2 Å². The van der Waals surface area contributed by atoms with Gasteiger partial charge in [0.1, 0.15) is 5.75 Å². The standard InChI is InChI=1S/C24H16N2O2/c27-22-15-6-4-12-19(22)23-25-20-13-5-3-11-18(20)24(28)26(23)21-14-7-9-16-8-1-2-10-17(16)21/h1-15,27H. The second kappa shape index (κ2) is 6.35. The molecule has 0 fully saturated rings. The number of aromatic nitrogens is 2. The van der Waals surface area contributed by atoms with Crippen LogP contribution in [0.5, 0.6) is 5.75 Å². The number of fused-ring (bicyclic) bond motifs is 2. The highest BCUT2D eigenvalue weighted by atomic mass is 16.3. The highest BCUT2D eigenvalue weighted by molar-refractivity contribution is 5.92. The maximum Gasteiger partial charge on any atom is 0.266 e. The number of aromatic hydroxyl groups is 1. The van der Waals surface area contributed by atoms with Crippen molar-refractivity contribution in [2.45, 2.75) is 0 Å². The van der Waals surface area contributed by atoms with Gasteiger partial charge in [0.25, 0.3) is 5.56 Å². The number of rotatable bonds is 2. The molecule has 5 aromatic rings. The summed E-state index contributed by atoms with van der Waals surface area (Å²) in [6.07, 6.45) is 0. The molecular weight excluding hydrogens is 348 g/mol. The number of phenolic OH excluding ortho intramolecular Hbond substituents is 1. The zero-order valence-corrected chi connectivity index (χ0v) is 14.9. The number of phenols is 1. The second-order valence-corrected chi connectivity index (χ2v) is 6.61. The van der Waals surface area contributed by atoms with Gasteiger partial charge in [-0.15, -0.1) is 0 Å². The lowest BCUT2D eigenvalue weighted by Crippen LogP contribution is -2.22. The van der Waals surface area contributed by atoms with Crippen LogP contribution in [-0.2, 0) is 0 Å². The molecule has 0 unspecified atom stereocenters. The minimum atomic E-state index is -0.166. The molecular formula is C24H16N2O2. The molecule has 4 aromatic carbocycles. The molecule has 0 radical (unpaired) electrons. The predicted octanol–water partition coefficient (Wildman–Crippen LogP) is 4.91. The molecule has 0 spiro atoms. The smallest absolute Gasteiger partial charge is 0.266 e. The van der Waals surface area contributed by atoms with Crippen LogP contribution >= 0.6 is 0 Å². The summed E-state index contributed by atoms with van der Waals surface area (Å²) in [6.45, 7) is 0. The molecule has 0 aliphatic carbocycles. The monoisotopic (exact) mass is 364 g/mol. The lowest BCUT2D eigenvalue weighted by atomic mass is 10.1. The normalized spacial score (nSPS) is 11.1. The van der Waals surface area contributed by atoms with E-state index in [1.165, 1.54) is 0 Å². The molecule has 1 N–H and O–H groups in total. The first kappa shape index (κ1) is 16.3. The molecule has 0 saturated carbocycles. The van der Waals surface area contributed by atoms with Crippen LogP contribution in [0.1, 0.15) is 0 Å². The van der Waals surface area contributed by atoms with Crippen LogP contribution in [0, 0.1) is 0 Å². The van der Waals surface area contributed by atoms with Crippen LogP contribution < -0.4 is 5.56 Å². The quantitative estimate of drug-likeness (QED) is 0.484. The Balaban J connectivity index is 1.98. The van der Waals surface area contributed by atoms with Crippen molar-refractivity contribution in [1.29, 1.82) is 0 Å². The van der Waals surface area contributed by atoms with E-state index in [4.69, 9.17) is 4.98 Å². The Morgan fingerprint density at radius 2 is 1.39 bits per heavy atom. The van der Waals surface area contributed by atoms with Gasteiger partial charge in [-0.25, -0.2) is 4.98 Å². The molecule has 0 bridgehead atoms. The van der Waals surface area contributed by atoms with Gasteiger partial charge >= 0.3 is 0 Å². The molecule has 0 aliphatic heterocycles. The van der Waals surface area contributed by atoms with Gasteiger partial charge < -0.3 is 5.11 Å². The highest BCUT2D eigenvalue weighted by Crippen LogP contribution is 2.31. The van der Waals surface area contributed by atoms with E-state index >= 15 is 0 Å². The Labute approximate surface area is 161 Å². The van der Waals surface area contributed by atoms with E-state index in [0.717, 1.165) is 16.5 Å². The number of hydrogen-bond donors (Lipinski definition) is 1. The zero-order valence-electron chi connectivity index (χ0n) is 14.9. The van der Waals surface area contributed by atoms with Crippen molar-refractivity contribution < 1.29 is 5.11 Å². The minimum absolute atomic E-state index is 0.0821. The van der Waals surface area contributed by atoms with E-state index < -0.39 is 0 Å². The van der Waals surface area contributed by atoms with Gasteiger partial charge in [-0.2, -0.15) is 0 Å². The first-order valence-corrected chi connectivity index (χ1v) is 9.02. The average Bonchev–Trinajstić information content (AvgIpc) is 2.74. The van der Waals surface area contributed by atoms with Crippen molar-refractivity contribution in [2.75, 3.05) is 0 Å². The fourth-order valence-electron chi connectivity index (χ4n) is 3.60. The molecule has 4 nitrogen and oxygen atoms in total. The number of hydrogen-bond acceptors (Lipinski definition) is 3. The van der Waals surface area contributed by atoms with Crippen LogP contribution in [0.3, 0.4) is 0 Å². The molecule has 5 rings (SSSR count). The van der Waals surface area contributed by atoms with Crippen molar-refractivity contribution in [3.8, 4) is 22.8 Å². The maximum absolute atomic E-state index is 13.5. The van der Waals surface area contributed by atoms with Crippen LogP contribution in [0.15, 0.2) is 95.8 Å². The van der Waals surface area contributed by atoms with Crippen molar-refractivity contribution in [2.24, 2.45) is 0 Å². The van der Waals surface area contributed by atoms with Gasteiger partial charge in [-0.05, 0) is 35.7 Å². The minimum Gasteiger partial charge on any atom is -0.507 e. The van der Waals surface area contributed by atoms with Crippen molar-refractivity contribution in [1.82, 2.24) is 9.55 Å². The van der Waals surface area contributed by atoms with Gasteiger partial charge in [-0.3, -0.25) is 9.36 Å². The topological polar surface area (TPSA) is 55.1 Å². The highest BCUT2D eigenvalue weighted by Gasteiger charge is 2.17. The first-order chi connectivity index (χ1) is 13.7. The van der Waals surface area contributed by atoms with E-state index in [-0.39, 0.29) is 11.3 Å². The fraction of sp³-hybridized carbons (Fsp3) is 0. The first-order valence-electron chi connectivity index (χ1n) is 9.02. The van der Waals surface area contributed by atoms with E-state index in [0.29, 0.717) is 22.3 Å². The van der Waals surface area contributed by atoms with Gasteiger partial charge in [0.2, 0.25) is 0 Å². The summed E-state index contributed by atoms with van der Waals surface area (Å²) in [5, 5.41) is 13.0. The summed E-state index contributed by atoms with van der Waals surface area (Å²) in [4.78, 5) is 18.3. The molecule has 134 valence electrons. The van der Waals surface area contributed by atoms with Crippen LogP contribution in [0.4, 0.5) is 0 Å².